The molecule has 0 aliphatic rings. The Morgan fingerprint density at radius 3 is 2.33 bits per heavy atom. The number of hydrogen-bond acceptors (Lipinski definition) is 4. The van der Waals surface area contributed by atoms with Gasteiger partial charge in [-0.05, 0) is 40.5 Å². The molecule has 0 aromatic rings. The molecule has 0 saturated carbocycles. The highest BCUT2D eigenvalue weighted by atomic mass is 16.4. The number of rotatable bonds is 8. The highest BCUT2D eigenvalue weighted by Crippen LogP contribution is 2.21. The Morgan fingerprint density at radius 1 is 1.39 bits per heavy atom. The van der Waals surface area contributed by atoms with Crippen LogP contribution >= 0.6 is 0 Å². The minimum Gasteiger partial charge on any atom is -0.409 e. The van der Waals surface area contributed by atoms with Crippen molar-refractivity contribution in [2.24, 2.45) is 16.3 Å². The maximum atomic E-state index is 8.76. The number of nitrogens with two attached hydrogens (primary N) is 1. The molecule has 0 spiro atoms. The van der Waals surface area contributed by atoms with Crippen molar-refractivity contribution in [1.82, 2.24) is 9.80 Å². The molecule has 0 saturated heterocycles. The van der Waals surface area contributed by atoms with Gasteiger partial charge in [0.1, 0.15) is 5.84 Å². The highest BCUT2D eigenvalue weighted by molar-refractivity contribution is 5.85. The Balaban J connectivity index is 4.39. The Kier molecular flexibility index (Phi) is 7.25. The zero-order valence-electron chi connectivity index (χ0n) is 12.8. The van der Waals surface area contributed by atoms with Crippen LogP contribution in [0, 0.1) is 5.41 Å². The SMILES string of the molecule is CCN(CCC(C)(C)C(N)=NO)C(C)CN(C)C. The van der Waals surface area contributed by atoms with Gasteiger partial charge >= 0.3 is 0 Å². The van der Waals surface area contributed by atoms with Gasteiger partial charge in [-0.2, -0.15) is 0 Å². The predicted octanol–water partition coefficient (Wildman–Crippen LogP) is 1.42. The van der Waals surface area contributed by atoms with Crippen LogP contribution in [-0.2, 0) is 0 Å². The van der Waals surface area contributed by atoms with Gasteiger partial charge in [0, 0.05) is 18.0 Å². The monoisotopic (exact) mass is 258 g/mol. The summed E-state index contributed by atoms with van der Waals surface area (Å²) in [6.07, 6.45) is 0.883. The number of amidine groups is 1. The molecule has 0 aliphatic heterocycles. The van der Waals surface area contributed by atoms with Gasteiger partial charge in [-0.1, -0.05) is 25.9 Å². The van der Waals surface area contributed by atoms with E-state index in [0.717, 1.165) is 26.1 Å². The molecule has 108 valence electrons. The van der Waals surface area contributed by atoms with Gasteiger partial charge in [0.25, 0.3) is 0 Å². The van der Waals surface area contributed by atoms with Crippen molar-refractivity contribution in [3.8, 4) is 0 Å². The topological polar surface area (TPSA) is 65.1 Å². The largest absolute Gasteiger partial charge is 0.409 e. The third-order valence-electron chi connectivity index (χ3n) is 3.48. The van der Waals surface area contributed by atoms with Gasteiger partial charge in [-0.15, -0.1) is 0 Å². The van der Waals surface area contributed by atoms with E-state index in [-0.39, 0.29) is 5.41 Å². The van der Waals surface area contributed by atoms with E-state index in [9.17, 15) is 0 Å². The van der Waals surface area contributed by atoms with Gasteiger partial charge in [-0.25, -0.2) is 0 Å². The summed E-state index contributed by atoms with van der Waals surface area (Å²) in [5.74, 6) is 0.304. The first-order valence-corrected chi connectivity index (χ1v) is 6.61. The maximum absolute atomic E-state index is 8.76. The molecular weight excluding hydrogens is 228 g/mol. The van der Waals surface area contributed by atoms with Crippen molar-refractivity contribution in [3.05, 3.63) is 0 Å². The third kappa shape index (κ3) is 5.69. The first-order chi connectivity index (χ1) is 8.24. The van der Waals surface area contributed by atoms with Crippen LogP contribution in [0.25, 0.3) is 0 Å². The van der Waals surface area contributed by atoms with Crippen LogP contribution < -0.4 is 5.73 Å². The number of nitrogens with zero attached hydrogens (tertiary/aromatic N) is 3. The molecule has 0 heterocycles. The normalized spacial score (nSPS) is 15.4. The first kappa shape index (κ1) is 17.2. The van der Waals surface area contributed by atoms with Crippen molar-refractivity contribution in [3.63, 3.8) is 0 Å². The van der Waals surface area contributed by atoms with Gasteiger partial charge in [0.15, 0.2) is 0 Å². The number of likely N-dealkylation sites (N-methyl/N-ethyl adjacent to an activating group) is 2. The average molecular weight is 258 g/mol. The van der Waals surface area contributed by atoms with Crippen LogP contribution in [-0.4, -0.2) is 60.6 Å². The molecule has 0 radical (unpaired) electrons. The third-order valence-corrected chi connectivity index (χ3v) is 3.48. The lowest BCUT2D eigenvalue weighted by atomic mass is 9.87. The molecule has 5 heteroatoms. The minimum atomic E-state index is -0.264. The Labute approximate surface area is 112 Å². The Hall–Kier alpha value is -0.810. The van der Waals surface area contributed by atoms with Crippen LogP contribution in [0.15, 0.2) is 5.16 Å². The van der Waals surface area contributed by atoms with E-state index in [4.69, 9.17) is 10.9 Å². The van der Waals surface area contributed by atoms with E-state index in [2.05, 4.69) is 42.9 Å². The van der Waals surface area contributed by atoms with Gasteiger partial charge in [0.2, 0.25) is 0 Å². The molecule has 0 aliphatic carbocycles. The molecule has 3 N–H and O–H groups in total. The summed E-state index contributed by atoms with van der Waals surface area (Å²) in [5, 5.41) is 11.9. The first-order valence-electron chi connectivity index (χ1n) is 6.61. The van der Waals surface area contributed by atoms with E-state index in [1.165, 1.54) is 0 Å². The summed E-state index contributed by atoms with van der Waals surface area (Å²) in [5.41, 5.74) is 5.44. The van der Waals surface area contributed by atoms with Crippen molar-refractivity contribution < 1.29 is 5.21 Å². The standard InChI is InChI=1S/C13H30N4O/c1-7-17(11(2)10-16(5)6)9-8-13(3,4)12(14)15-18/h11,18H,7-10H2,1-6H3,(H2,14,15). The van der Waals surface area contributed by atoms with Gasteiger partial charge in [0.05, 0.1) is 0 Å². The Morgan fingerprint density at radius 2 is 1.94 bits per heavy atom. The lowest BCUT2D eigenvalue weighted by molar-refractivity contribution is 0.167. The summed E-state index contributed by atoms with van der Waals surface area (Å²) in [6, 6.07) is 0.507. The smallest absolute Gasteiger partial charge is 0.144 e. The average Bonchev–Trinajstić information content (AvgIpc) is 2.27. The lowest BCUT2D eigenvalue weighted by Crippen LogP contribution is -2.43. The van der Waals surface area contributed by atoms with Crippen LogP contribution in [0.3, 0.4) is 0 Å². The molecule has 0 amide bonds. The second-order valence-electron chi connectivity index (χ2n) is 5.86. The lowest BCUT2D eigenvalue weighted by Gasteiger charge is -2.33. The molecule has 0 bridgehead atoms. The fourth-order valence-electron chi connectivity index (χ4n) is 2.02. The van der Waals surface area contributed by atoms with Crippen LogP contribution in [0.1, 0.15) is 34.1 Å². The predicted molar refractivity (Wildman–Crippen MR) is 77.1 cm³/mol. The van der Waals surface area contributed by atoms with Crippen molar-refractivity contribution in [2.75, 3.05) is 33.7 Å². The van der Waals surface area contributed by atoms with Crippen LogP contribution in [0.4, 0.5) is 0 Å². The second kappa shape index (κ2) is 7.59. The van der Waals surface area contributed by atoms with E-state index in [1.807, 2.05) is 13.8 Å². The minimum absolute atomic E-state index is 0.264. The summed E-state index contributed by atoms with van der Waals surface area (Å²) in [7, 11) is 4.18. The fourth-order valence-corrected chi connectivity index (χ4v) is 2.02. The quantitative estimate of drug-likeness (QED) is 0.299. The van der Waals surface area contributed by atoms with Crippen molar-refractivity contribution in [1.29, 1.82) is 0 Å². The Bertz CT molecular complexity index is 264. The zero-order chi connectivity index (χ0) is 14.3. The van der Waals surface area contributed by atoms with E-state index in [0.29, 0.717) is 11.9 Å². The molecule has 18 heavy (non-hydrogen) atoms. The highest BCUT2D eigenvalue weighted by Gasteiger charge is 2.25. The fraction of sp³-hybridized carbons (Fsp3) is 0.923. The van der Waals surface area contributed by atoms with Crippen molar-refractivity contribution in [2.45, 2.75) is 40.2 Å². The summed E-state index contributed by atoms with van der Waals surface area (Å²) in [6.45, 7) is 11.4. The van der Waals surface area contributed by atoms with Crippen LogP contribution in [0.2, 0.25) is 0 Å². The second-order valence-corrected chi connectivity index (χ2v) is 5.86. The van der Waals surface area contributed by atoms with Gasteiger partial charge < -0.3 is 15.8 Å². The number of oxime groups is 1. The van der Waals surface area contributed by atoms with Crippen molar-refractivity contribution >= 4 is 5.84 Å². The summed E-state index contributed by atoms with van der Waals surface area (Å²) < 4.78 is 0. The molecule has 0 fully saturated rings. The molecule has 1 unspecified atom stereocenters. The molecule has 1 atom stereocenters. The zero-order valence-corrected chi connectivity index (χ0v) is 12.8. The van der Waals surface area contributed by atoms with Crippen LogP contribution in [0.5, 0.6) is 0 Å². The van der Waals surface area contributed by atoms with E-state index >= 15 is 0 Å². The molecular formula is C13H30N4O. The van der Waals surface area contributed by atoms with Gasteiger partial charge in [-0.3, -0.25) is 4.90 Å². The van der Waals surface area contributed by atoms with E-state index in [1.54, 1.807) is 0 Å². The molecule has 0 rings (SSSR count). The molecule has 0 aromatic carbocycles. The number of hydrogen-bond donors (Lipinski definition) is 2. The van der Waals surface area contributed by atoms with E-state index < -0.39 is 0 Å². The maximum Gasteiger partial charge on any atom is 0.144 e. The summed E-state index contributed by atoms with van der Waals surface area (Å²) >= 11 is 0. The molecule has 0 aromatic heterocycles. The summed E-state index contributed by atoms with van der Waals surface area (Å²) in [4.78, 5) is 4.62. The molecule has 5 nitrogen and oxygen atoms in total.